The molecule has 0 amide bonds. The Kier molecular flexibility index (Phi) is 3.59. The second-order valence-corrected chi connectivity index (χ2v) is 5.39. The van der Waals surface area contributed by atoms with Gasteiger partial charge in [0.15, 0.2) is 5.82 Å². The number of ether oxygens (including phenoxy) is 1. The van der Waals surface area contributed by atoms with E-state index in [0.717, 1.165) is 39.4 Å². The van der Waals surface area contributed by atoms with Crippen molar-refractivity contribution in [1.82, 2.24) is 15.2 Å². The highest BCUT2D eigenvalue weighted by atomic mass is 16.5. The van der Waals surface area contributed by atoms with E-state index >= 15 is 0 Å². The van der Waals surface area contributed by atoms with E-state index in [1.165, 1.54) is 0 Å². The van der Waals surface area contributed by atoms with Gasteiger partial charge in [0.1, 0.15) is 11.6 Å². The molecule has 0 saturated heterocycles. The van der Waals surface area contributed by atoms with Crippen molar-refractivity contribution in [2.45, 2.75) is 0 Å². The maximum atomic E-state index is 5.35. The van der Waals surface area contributed by atoms with Crippen molar-refractivity contribution in [1.29, 1.82) is 0 Å². The van der Waals surface area contributed by atoms with E-state index in [2.05, 4.69) is 27.6 Å². The molecule has 0 unspecified atom stereocenters. The van der Waals surface area contributed by atoms with Gasteiger partial charge in [-0.1, -0.05) is 36.4 Å². The number of pyridine rings is 1. The van der Waals surface area contributed by atoms with Crippen LogP contribution in [0.5, 0.6) is 5.75 Å². The molecule has 5 nitrogen and oxygen atoms in total. The van der Waals surface area contributed by atoms with Gasteiger partial charge < -0.3 is 10.1 Å². The molecule has 0 atom stereocenters. The molecule has 2 aromatic heterocycles. The summed E-state index contributed by atoms with van der Waals surface area (Å²) in [5.74, 6) is 2.29. The zero-order chi connectivity index (χ0) is 16.4. The number of nitrogens with zero attached hydrogens (tertiary/aromatic N) is 2. The quantitative estimate of drug-likeness (QED) is 0.586. The molecule has 118 valence electrons. The Balaban J connectivity index is 1.88. The lowest BCUT2D eigenvalue weighted by molar-refractivity contribution is 0.415. The summed E-state index contributed by atoms with van der Waals surface area (Å²) in [6.45, 7) is 0. The largest absolute Gasteiger partial charge is 0.497 e. The normalized spacial score (nSPS) is 10.7. The van der Waals surface area contributed by atoms with Crippen LogP contribution in [0.15, 0.2) is 66.9 Å². The Bertz CT molecular complexity index is 980. The lowest BCUT2D eigenvalue weighted by Crippen LogP contribution is -1.97. The summed E-state index contributed by atoms with van der Waals surface area (Å²) in [7, 11) is 1.67. The molecule has 24 heavy (non-hydrogen) atoms. The predicted molar refractivity (Wildman–Crippen MR) is 95.6 cm³/mol. The fraction of sp³-hybridized carbons (Fsp3) is 0.0526. The standard InChI is InChI=1S/C19H16N4O/c1-24-15-7-4-6-14(11-15)19-16-8-3-2-5-13(16)12-18(22-19)21-17-9-10-20-23-17/h2-12H,1H3,(H2,20,21,22,23). The van der Waals surface area contributed by atoms with Crippen molar-refractivity contribution >= 4 is 22.4 Å². The van der Waals surface area contributed by atoms with Crippen LogP contribution in [0.1, 0.15) is 0 Å². The van der Waals surface area contributed by atoms with E-state index in [0.29, 0.717) is 0 Å². The van der Waals surface area contributed by atoms with Crippen LogP contribution >= 0.6 is 0 Å². The minimum Gasteiger partial charge on any atom is -0.497 e. The first-order chi connectivity index (χ1) is 11.8. The van der Waals surface area contributed by atoms with Gasteiger partial charge in [0.2, 0.25) is 0 Å². The van der Waals surface area contributed by atoms with Crippen LogP contribution in [-0.4, -0.2) is 22.3 Å². The molecule has 0 aliphatic heterocycles. The number of rotatable bonds is 4. The first-order valence-corrected chi connectivity index (χ1v) is 7.64. The van der Waals surface area contributed by atoms with E-state index in [4.69, 9.17) is 9.72 Å². The Morgan fingerprint density at radius 1 is 0.958 bits per heavy atom. The zero-order valence-electron chi connectivity index (χ0n) is 13.2. The van der Waals surface area contributed by atoms with Gasteiger partial charge in [-0.3, -0.25) is 5.10 Å². The molecular formula is C19H16N4O. The van der Waals surface area contributed by atoms with Crippen molar-refractivity contribution in [3.8, 4) is 17.0 Å². The molecule has 0 saturated carbocycles. The molecule has 0 spiro atoms. The SMILES string of the molecule is COc1cccc(-c2nc(Nc3cc[nH]n3)cc3ccccc23)c1. The van der Waals surface area contributed by atoms with Gasteiger partial charge in [-0.05, 0) is 23.6 Å². The molecule has 0 bridgehead atoms. The van der Waals surface area contributed by atoms with Crippen LogP contribution < -0.4 is 10.1 Å². The number of benzene rings is 2. The topological polar surface area (TPSA) is 62.8 Å². The average Bonchev–Trinajstić information content (AvgIpc) is 3.14. The molecule has 0 aliphatic rings. The molecule has 0 fully saturated rings. The predicted octanol–water partition coefficient (Wildman–Crippen LogP) is 4.38. The van der Waals surface area contributed by atoms with Crippen molar-refractivity contribution in [2.75, 3.05) is 12.4 Å². The summed E-state index contributed by atoms with van der Waals surface area (Å²) < 4.78 is 5.35. The molecule has 5 heteroatoms. The van der Waals surface area contributed by atoms with E-state index in [-0.39, 0.29) is 0 Å². The van der Waals surface area contributed by atoms with Gasteiger partial charge >= 0.3 is 0 Å². The van der Waals surface area contributed by atoms with Gasteiger partial charge in [0.25, 0.3) is 0 Å². The molecule has 4 rings (SSSR count). The number of methoxy groups -OCH3 is 1. The summed E-state index contributed by atoms with van der Waals surface area (Å²) in [6, 6.07) is 20.0. The monoisotopic (exact) mass is 316 g/mol. The molecule has 2 aromatic carbocycles. The summed E-state index contributed by atoms with van der Waals surface area (Å²) in [5, 5.41) is 12.4. The summed E-state index contributed by atoms with van der Waals surface area (Å²) in [6.07, 6.45) is 1.77. The molecule has 2 heterocycles. The first-order valence-electron chi connectivity index (χ1n) is 7.64. The molecule has 0 aliphatic carbocycles. The maximum Gasteiger partial charge on any atom is 0.153 e. The minimum atomic E-state index is 0.731. The van der Waals surface area contributed by atoms with Crippen LogP contribution in [0.25, 0.3) is 22.0 Å². The maximum absolute atomic E-state index is 5.35. The number of hydrogen-bond donors (Lipinski definition) is 2. The number of H-pyrrole nitrogens is 1. The molecule has 4 aromatic rings. The lowest BCUT2D eigenvalue weighted by Gasteiger charge is -2.11. The van der Waals surface area contributed by atoms with Gasteiger partial charge in [-0.15, -0.1) is 0 Å². The lowest BCUT2D eigenvalue weighted by atomic mass is 10.0. The van der Waals surface area contributed by atoms with Gasteiger partial charge in [-0.25, -0.2) is 4.98 Å². The number of fused-ring (bicyclic) bond motifs is 1. The fourth-order valence-corrected chi connectivity index (χ4v) is 2.71. The van der Waals surface area contributed by atoms with Crippen LogP contribution in [0.4, 0.5) is 11.6 Å². The highest BCUT2D eigenvalue weighted by Gasteiger charge is 2.10. The number of hydrogen-bond acceptors (Lipinski definition) is 4. The Labute approximate surface area is 139 Å². The van der Waals surface area contributed by atoms with E-state index in [9.17, 15) is 0 Å². The Hall–Kier alpha value is -3.34. The summed E-state index contributed by atoms with van der Waals surface area (Å²) in [5.41, 5.74) is 1.92. The first kappa shape index (κ1) is 14.3. The third-order valence-electron chi connectivity index (χ3n) is 3.84. The van der Waals surface area contributed by atoms with E-state index < -0.39 is 0 Å². The smallest absolute Gasteiger partial charge is 0.153 e. The second kappa shape index (κ2) is 6.04. The Morgan fingerprint density at radius 3 is 2.71 bits per heavy atom. The molecular weight excluding hydrogens is 300 g/mol. The number of aromatic amines is 1. The van der Waals surface area contributed by atoms with Crippen molar-refractivity contribution in [3.63, 3.8) is 0 Å². The number of anilines is 2. The zero-order valence-corrected chi connectivity index (χ0v) is 13.2. The average molecular weight is 316 g/mol. The van der Waals surface area contributed by atoms with Crippen LogP contribution in [0.2, 0.25) is 0 Å². The van der Waals surface area contributed by atoms with Crippen LogP contribution in [0.3, 0.4) is 0 Å². The second-order valence-electron chi connectivity index (χ2n) is 5.39. The third-order valence-corrected chi connectivity index (χ3v) is 3.84. The van der Waals surface area contributed by atoms with Crippen LogP contribution in [0, 0.1) is 0 Å². The molecule has 2 N–H and O–H groups in total. The summed E-state index contributed by atoms with van der Waals surface area (Å²) in [4.78, 5) is 4.80. The number of nitrogens with one attached hydrogen (secondary N) is 2. The fourth-order valence-electron chi connectivity index (χ4n) is 2.71. The minimum absolute atomic E-state index is 0.731. The number of aromatic nitrogens is 3. The van der Waals surface area contributed by atoms with Gasteiger partial charge in [-0.2, -0.15) is 5.10 Å². The van der Waals surface area contributed by atoms with Gasteiger partial charge in [0, 0.05) is 23.2 Å². The van der Waals surface area contributed by atoms with E-state index in [1.54, 1.807) is 13.3 Å². The van der Waals surface area contributed by atoms with Crippen LogP contribution in [-0.2, 0) is 0 Å². The third kappa shape index (κ3) is 2.67. The van der Waals surface area contributed by atoms with Crippen molar-refractivity contribution in [2.24, 2.45) is 0 Å². The van der Waals surface area contributed by atoms with Crippen molar-refractivity contribution in [3.05, 3.63) is 66.9 Å². The highest BCUT2D eigenvalue weighted by Crippen LogP contribution is 2.31. The molecule has 0 radical (unpaired) electrons. The van der Waals surface area contributed by atoms with Gasteiger partial charge in [0.05, 0.1) is 12.8 Å². The van der Waals surface area contributed by atoms with Crippen molar-refractivity contribution < 1.29 is 4.74 Å². The Morgan fingerprint density at radius 2 is 1.88 bits per heavy atom. The highest BCUT2D eigenvalue weighted by molar-refractivity contribution is 5.96. The summed E-state index contributed by atoms with van der Waals surface area (Å²) >= 11 is 0. The van der Waals surface area contributed by atoms with E-state index in [1.807, 2.05) is 48.5 Å².